The number of amidine groups is 1. The Labute approximate surface area is 143 Å². The van der Waals surface area contributed by atoms with Gasteiger partial charge in [0.25, 0.3) is 0 Å². The van der Waals surface area contributed by atoms with Gasteiger partial charge in [-0.3, -0.25) is 0 Å². The van der Waals surface area contributed by atoms with Crippen LogP contribution in [0.25, 0.3) is 22.6 Å². The van der Waals surface area contributed by atoms with Crippen molar-refractivity contribution in [3.63, 3.8) is 0 Å². The Kier molecular flexibility index (Phi) is 4.57. The van der Waals surface area contributed by atoms with E-state index in [1.54, 1.807) is 38.5 Å². The molecule has 3 aromatic rings. The van der Waals surface area contributed by atoms with Crippen LogP contribution in [0.5, 0.6) is 11.5 Å². The van der Waals surface area contributed by atoms with Crippen LogP contribution in [0.1, 0.15) is 0 Å². The third kappa shape index (κ3) is 3.14. The first kappa shape index (κ1) is 16.1. The lowest BCUT2D eigenvalue weighted by Crippen LogP contribution is -2.12. The Hall–Kier alpha value is -2.73. The second kappa shape index (κ2) is 6.80. The van der Waals surface area contributed by atoms with Crippen LogP contribution in [0.2, 0.25) is 0 Å². The Morgan fingerprint density at radius 2 is 1.96 bits per heavy atom. The summed E-state index contributed by atoms with van der Waals surface area (Å²) in [5, 5.41) is 0. The predicted molar refractivity (Wildman–Crippen MR) is 94.6 cm³/mol. The molecule has 0 aliphatic carbocycles. The molecule has 0 saturated carbocycles. The van der Waals surface area contributed by atoms with Crippen molar-refractivity contribution in [2.45, 2.75) is 0 Å². The quantitative estimate of drug-likeness (QED) is 0.432. The van der Waals surface area contributed by atoms with Crippen molar-refractivity contribution in [3.8, 4) is 23.0 Å². The topological polar surface area (TPSA) is 82.9 Å². The minimum Gasteiger partial charge on any atom is -0.493 e. The summed E-state index contributed by atoms with van der Waals surface area (Å²) in [5.41, 5.74) is 8.45. The van der Waals surface area contributed by atoms with Gasteiger partial charge in [0.1, 0.15) is 11.4 Å². The fourth-order valence-corrected chi connectivity index (χ4v) is 2.33. The number of aromatic nitrogens is 1. The molecule has 0 saturated heterocycles. The first-order valence-electron chi connectivity index (χ1n) is 7.16. The van der Waals surface area contributed by atoms with E-state index in [-0.39, 0.29) is 5.88 Å². The second-order valence-electron chi connectivity index (χ2n) is 4.98. The molecule has 3 rings (SSSR count). The third-order valence-corrected chi connectivity index (χ3v) is 3.69. The summed E-state index contributed by atoms with van der Waals surface area (Å²) in [4.78, 5) is 8.71. The number of methoxy groups -OCH3 is 2. The van der Waals surface area contributed by atoms with E-state index in [2.05, 4.69) is 9.98 Å². The molecule has 0 spiro atoms. The van der Waals surface area contributed by atoms with Crippen LogP contribution in [0.3, 0.4) is 0 Å². The molecule has 0 unspecified atom stereocenters. The third-order valence-electron chi connectivity index (χ3n) is 3.41. The van der Waals surface area contributed by atoms with E-state index < -0.39 is 0 Å². The van der Waals surface area contributed by atoms with Crippen LogP contribution in [-0.4, -0.2) is 30.9 Å². The maximum absolute atomic E-state index is 5.80. The number of nitrogens with two attached hydrogens (primary N) is 1. The number of benzene rings is 2. The number of halogens is 1. The fraction of sp³-hybridized carbons (Fsp3) is 0.176. The van der Waals surface area contributed by atoms with E-state index in [0.29, 0.717) is 40.0 Å². The van der Waals surface area contributed by atoms with Crippen molar-refractivity contribution < 1.29 is 13.9 Å². The fourth-order valence-electron chi connectivity index (χ4n) is 2.27. The van der Waals surface area contributed by atoms with Crippen LogP contribution in [0.15, 0.2) is 45.8 Å². The van der Waals surface area contributed by atoms with Crippen LogP contribution in [-0.2, 0) is 0 Å². The lowest BCUT2D eigenvalue weighted by molar-refractivity contribution is 0.355. The first-order valence-corrected chi connectivity index (χ1v) is 7.70. The smallest absolute Gasteiger partial charge is 0.227 e. The monoisotopic (exact) mass is 345 g/mol. The van der Waals surface area contributed by atoms with E-state index in [1.165, 1.54) is 0 Å². The molecule has 0 amide bonds. The van der Waals surface area contributed by atoms with E-state index in [0.717, 1.165) is 5.56 Å². The summed E-state index contributed by atoms with van der Waals surface area (Å²) in [5.74, 6) is 2.26. The Bertz CT molecular complexity index is 905. The molecule has 1 aromatic heterocycles. The van der Waals surface area contributed by atoms with Gasteiger partial charge in [0.2, 0.25) is 5.89 Å². The lowest BCUT2D eigenvalue weighted by Gasteiger charge is -2.07. The highest BCUT2D eigenvalue weighted by atomic mass is 35.5. The molecule has 1 heterocycles. The van der Waals surface area contributed by atoms with Crippen LogP contribution < -0.4 is 15.2 Å². The van der Waals surface area contributed by atoms with Crippen LogP contribution in [0.4, 0.5) is 5.69 Å². The van der Waals surface area contributed by atoms with E-state index in [1.807, 2.05) is 12.1 Å². The number of nitrogens with zero attached hydrogens (tertiary/aromatic N) is 2. The van der Waals surface area contributed by atoms with Crippen LogP contribution >= 0.6 is 11.6 Å². The van der Waals surface area contributed by atoms with Gasteiger partial charge in [0, 0.05) is 5.56 Å². The highest BCUT2D eigenvalue weighted by Gasteiger charge is 2.12. The average molecular weight is 346 g/mol. The zero-order chi connectivity index (χ0) is 17.1. The van der Waals surface area contributed by atoms with E-state index in [4.69, 9.17) is 31.2 Å². The maximum Gasteiger partial charge on any atom is 0.227 e. The molecule has 24 heavy (non-hydrogen) atoms. The Morgan fingerprint density at radius 3 is 2.67 bits per heavy atom. The van der Waals surface area contributed by atoms with Gasteiger partial charge in [-0.25, -0.2) is 9.98 Å². The van der Waals surface area contributed by atoms with Crippen molar-refractivity contribution in [1.29, 1.82) is 0 Å². The van der Waals surface area contributed by atoms with Gasteiger partial charge in [0.15, 0.2) is 17.1 Å². The number of ether oxygens (including phenoxy) is 2. The molecular weight excluding hydrogens is 330 g/mol. The normalized spacial score (nSPS) is 11.7. The molecule has 2 aromatic carbocycles. The molecule has 0 fully saturated rings. The lowest BCUT2D eigenvalue weighted by atomic mass is 10.2. The summed E-state index contributed by atoms with van der Waals surface area (Å²) in [6.07, 6.45) is 0. The number of oxazole rings is 1. The molecule has 0 radical (unpaired) electrons. The Morgan fingerprint density at radius 1 is 1.17 bits per heavy atom. The largest absolute Gasteiger partial charge is 0.493 e. The maximum atomic E-state index is 5.80. The number of hydrogen-bond donors (Lipinski definition) is 1. The van der Waals surface area contributed by atoms with Crippen molar-refractivity contribution in [2.75, 3.05) is 20.1 Å². The Balaban J connectivity index is 2.02. The standard InChI is InChI=1S/C17H16ClN3O3/c1-22-14-5-3-10(7-15(14)23-2)17-21-12-8-11(20-16(19)9-18)4-6-13(12)24-17/h3-8H,9H2,1-2H3,(H2,19,20). The zero-order valence-corrected chi connectivity index (χ0v) is 14.0. The van der Waals surface area contributed by atoms with E-state index >= 15 is 0 Å². The highest BCUT2D eigenvalue weighted by molar-refractivity contribution is 6.28. The summed E-state index contributed by atoms with van der Waals surface area (Å²) in [6, 6.07) is 10.9. The summed E-state index contributed by atoms with van der Waals surface area (Å²) in [7, 11) is 3.17. The summed E-state index contributed by atoms with van der Waals surface area (Å²) >= 11 is 5.65. The number of hydrogen-bond acceptors (Lipinski definition) is 5. The zero-order valence-electron chi connectivity index (χ0n) is 13.2. The van der Waals surface area contributed by atoms with Gasteiger partial charge >= 0.3 is 0 Å². The number of alkyl halides is 1. The SMILES string of the molecule is COc1ccc(-c2nc3cc(N=C(N)CCl)ccc3o2)cc1OC. The molecule has 6 nitrogen and oxygen atoms in total. The summed E-state index contributed by atoms with van der Waals surface area (Å²) in [6.45, 7) is 0. The van der Waals surface area contributed by atoms with Gasteiger partial charge in [-0.1, -0.05) is 0 Å². The van der Waals surface area contributed by atoms with Gasteiger partial charge in [0.05, 0.1) is 25.8 Å². The van der Waals surface area contributed by atoms with Crippen molar-refractivity contribution in [2.24, 2.45) is 10.7 Å². The second-order valence-corrected chi connectivity index (χ2v) is 5.24. The molecule has 0 aliphatic heterocycles. The number of aliphatic imine (C=N–C) groups is 1. The van der Waals surface area contributed by atoms with Crippen molar-refractivity contribution in [3.05, 3.63) is 36.4 Å². The molecule has 0 aliphatic rings. The van der Waals surface area contributed by atoms with Crippen molar-refractivity contribution >= 4 is 34.2 Å². The van der Waals surface area contributed by atoms with Gasteiger partial charge in [-0.05, 0) is 36.4 Å². The first-order chi connectivity index (χ1) is 11.6. The molecule has 124 valence electrons. The molecule has 0 atom stereocenters. The van der Waals surface area contributed by atoms with Gasteiger partial charge in [-0.2, -0.15) is 0 Å². The van der Waals surface area contributed by atoms with Gasteiger partial charge in [-0.15, -0.1) is 11.6 Å². The van der Waals surface area contributed by atoms with E-state index in [9.17, 15) is 0 Å². The summed E-state index contributed by atoms with van der Waals surface area (Å²) < 4.78 is 16.3. The average Bonchev–Trinajstić information content (AvgIpc) is 3.04. The molecule has 0 bridgehead atoms. The molecular formula is C17H16ClN3O3. The van der Waals surface area contributed by atoms with Gasteiger partial charge < -0.3 is 19.6 Å². The van der Waals surface area contributed by atoms with Crippen molar-refractivity contribution in [1.82, 2.24) is 4.98 Å². The molecule has 2 N–H and O–H groups in total. The minimum atomic E-state index is 0.174. The highest BCUT2D eigenvalue weighted by Crippen LogP contribution is 2.33. The minimum absolute atomic E-state index is 0.174. The number of rotatable bonds is 5. The number of fused-ring (bicyclic) bond motifs is 1. The molecule has 7 heteroatoms. The van der Waals surface area contributed by atoms with Crippen LogP contribution in [0, 0.1) is 0 Å². The predicted octanol–water partition coefficient (Wildman–Crippen LogP) is 3.74.